The smallest absolute Gasteiger partial charge is 0.336 e. The molecule has 0 aliphatic carbocycles. The van der Waals surface area contributed by atoms with Gasteiger partial charge in [0.1, 0.15) is 23.6 Å². The van der Waals surface area contributed by atoms with Crippen molar-refractivity contribution in [2.45, 2.75) is 32.1 Å². The topological polar surface area (TPSA) is 107 Å². The molecule has 2 unspecified atom stereocenters. The maximum atomic E-state index is 13.7. The Hall–Kier alpha value is -4.63. The first-order valence-electron chi connectivity index (χ1n) is 14.4. The summed E-state index contributed by atoms with van der Waals surface area (Å²) in [6.07, 6.45) is 0.912. The van der Waals surface area contributed by atoms with Gasteiger partial charge in [0, 0.05) is 29.8 Å². The average Bonchev–Trinajstić information content (AvgIpc) is 3.51. The fourth-order valence-electron chi connectivity index (χ4n) is 5.88. The Bertz CT molecular complexity index is 1590. The van der Waals surface area contributed by atoms with E-state index in [4.69, 9.17) is 14.1 Å². The molecule has 0 N–H and O–H groups in total. The minimum atomic E-state index is -0.825. The Kier molecular flexibility index (Phi) is 9.41. The fourth-order valence-corrected chi connectivity index (χ4v) is 5.88. The maximum Gasteiger partial charge on any atom is 0.336 e. The molecule has 222 valence electrons. The molecule has 4 aromatic rings. The number of hydrogen-bond donors (Lipinski definition) is 0. The molecule has 0 amide bonds. The number of aromatic nitrogens is 2. The molecule has 0 radical (unpaired) electrons. The molecule has 2 atom stereocenters. The molecule has 1 aliphatic heterocycles. The monoisotopic (exact) mass is 580 g/mol. The summed E-state index contributed by atoms with van der Waals surface area (Å²) in [6.45, 7) is 5.05. The van der Waals surface area contributed by atoms with E-state index >= 15 is 0 Å². The van der Waals surface area contributed by atoms with Crippen molar-refractivity contribution in [1.82, 2.24) is 15.2 Å². The SMILES string of the molecule is COC(=O)C1C(C)=NC(C)=C(C(=O)OCCN(C)CCC(c2ccccc2)c2ccccc2)C1c1cccc2nonc12. The first kappa shape index (κ1) is 29.8. The van der Waals surface area contributed by atoms with Gasteiger partial charge in [-0.15, -0.1) is 0 Å². The lowest BCUT2D eigenvalue weighted by atomic mass is 9.75. The van der Waals surface area contributed by atoms with Gasteiger partial charge in [-0.2, -0.15) is 0 Å². The summed E-state index contributed by atoms with van der Waals surface area (Å²) in [5, 5.41) is 8.00. The number of benzene rings is 3. The third kappa shape index (κ3) is 6.57. The van der Waals surface area contributed by atoms with Gasteiger partial charge in [-0.1, -0.05) is 72.8 Å². The Morgan fingerprint density at radius 1 is 0.907 bits per heavy atom. The van der Waals surface area contributed by atoms with Gasteiger partial charge in [0.15, 0.2) is 0 Å². The number of carbonyl (C=O) groups is 2. The van der Waals surface area contributed by atoms with Crippen LogP contribution >= 0.6 is 0 Å². The summed E-state index contributed by atoms with van der Waals surface area (Å²) in [5.41, 5.74) is 5.50. The summed E-state index contributed by atoms with van der Waals surface area (Å²) >= 11 is 0. The summed E-state index contributed by atoms with van der Waals surface area (Å²) in [7, 11) is 3.35. The molecule has 0 saturated heterocycles. The van der Waals surface area contributed by atoms with Gasteiger partial charge in [0.05, 0.1) is 12.7 Å². The van der Waals surface area contributed by atoms with Crippen LogP contribution in [-0.2, 0) is 19.1 Å². The molecule has 9 nitrogen and oxygen atoms in total. The lowest BCUT2D eigenvalue weighted by molar-refractivity contribution is -0.144. The zero-order valence-electron chi connectivity index (χ0n) is 24.9. The van der Waals surface area contributed by atoms with Crippen LogP contribution in [0.3, 0.4) is 0 Å². The average molecular weight is 581 g/mol. The molecular formula is C34H36N4O5. The van der Waals surface area contributed by atoms with E-state index in [2.05, 4.69) is 68.7 Å². The van der Waals surface area contributed by atoms with Crippen molar-refractivity contribution in [1.29, 1.82) is 0 Å². The number of esters is 2. The van der Waals surface area contributed by atoms with Crippen LogP contribution < -0.4 is 0 Å². The predicted molar refractivity (Wildman–Crippen MR) is 164 cm³/mol. The minimum Gasteiger partial charge on any atom is -0.468 e. The maximum absolute atomic E-state index is 13.7. The molecule has 0 spiro atoms. The summed E-state index contributed by atoms with van der Waals surface area (Å²) < 4.78 is 15.9. The number of aliphatic imine (C=N–C) groups is 1. The van der Waals surface area contributed by atoms with Crippen LogP contribution in [0.2, 0.25) is 0 Å². The second-order valence-electron chi connectivity index (χ2n) is 10.8. The summed E-state index contributed by atoms with van der Waals surface area (Å²) in [4.78, 5) is 33.4. The van der Waals surface area contributed by atoms with Crippen molar-refractivity contribution in [2.75, 3.05) is 33.9 Å². The van der Waals surface area contributed by atoms with Crippen LogP contribution in [0.25, 0.3) is 11.0 Å². The first-order chi connectivity index (χ1) is 20.9. The number of likely N-dealkylation sites (N-methyl/N-ethyl adjacent to an activating group) is 1. The molecule has 43 heavy (non-hydrogen) atoms. The van der Waals surface area contributed by atoms with Gasteiger partial charge in [0.2, 0.25) is 0 Å². The highest BCUT2D eigenvalue weighted by molar-refractivity contribution is 6.07. The Balaban J connectivity index is 1.29. The largest absolute Gasteiger partial charge is 0.468 e. The third-order valence-corrected chi connectivity index (χ3v) is 8.07. The second kappa shape index (κ2) is 13.6. The number of ether oxygens (including phenoxy) is 2. The highest BCUT2D eigenvalue weighted by Crippen LogP contribution is 2.42. The number of methoxy groups -OCH3 is 1. The van der Waals surface area contributed by atoms with Crippen LogP contribution in [0.4, 0.5) is 0 Å². The van der Waals surface area contributed by atoms with Crippen molar-refractivity contribution in [3.05, 3.63) is 107 Å². The molecule has 5 rings (SSSR count). The van der Waals surface area contributed by atoms with Gasteiger partial charge < -0.3 is 14.4 Å². The Morgan fingerprint density at radius 3 is 2.23 bits per heavy atom. The summed E-state index contributed by atoms with van der Waals surface area (Å²) in [6, 6.07) is 26.4. The normalized spacial score (nSPS) is 16.9. The van der Waals surface area contributed by atoms with Crippen molar-refractivity contribution in [2.24, 2.45) is 10.9 Å². The van der Waals surface area contributed by atoms with Crippen molar-refractivity contribution >= 4 is 28.7 Å². The van der Waals surface area contributed by atoms with Crippen LogP contribution in [0.1, 0.15) is 48.8 Å². The van der Waals surface area contributed by atoms with E-state index in [0.717, 1.165) is 13.0 Å². The lowest BCUT2D eigenvalue weighted by Gasteiger charge is -2.31. The van der Waals surface area contributed by atoms with Crippen molar-refractivity contribution in [3.63, 3.8) is 0 Å². The number of hydrogen-bond acceptors (Lipinski definition) is 9. The number of nitrogens with zero attached hydrogens (tertiary/aromatic N) is 4. The van der Waals surface area contributed by atoms with Crippen LogP contribution in [0.5, 0.6) is 0 Å². The van der Waals surface area contributed by atoms with Gasteiger partial charge >= 0.3 is 11.9 Å². The first-order valence-corrected chi connectivity index (χ1v) is 14.4. The van der Waals surface area contributed by atoms with Gasteiger partial charge in [0.25, 0.3) is 0 Å². The van der Waals surface area contributed by atoms with Crippen LogP contribution in [0.15, 0.2) is 99.8 Å². The molecular weight excluding hydrogens is 544 g/mol. The quantitative estimate of drug-likeness (QED) is 0.213. The number of rotatable bonds is 11. The predicted octanol–water partition coefficient (Wildman–Crippen LogP) is 5.54. The third-order valence-electron chi connectivity index (χ3n) is 8.07. The molecule has 1 aromatic heterocycles. The van der Waals surface area contributed by atoms with E-state index in [1.165, 1.54) is 18.2 Å². The van der Waals surface area contributed by atoms with Crippen LogP contribution in [0, 0.1) is 5.92 Å². The Morgan fingerprint density at radius 2 is 1.58 bits per heavy atom. The van der Waals surface area contributed by atoms with Crippen molar-refractivity contribution in [3.8, 4) is 0 Å². The number of fused-ring (bicyclic) bond motifs is 1. The molecule has 1 aliphatic rings. The van der Waals surface area contributed by atoms with E-state index in [1.54, 1.807) is 26.0 Å². The zero-order chi connectivity index (χ0) is 30.3. The molecule has 0 fully saturated rings. The van der Waals surface area contributed by atoms with Gasteiger partial charge in [-0.05, 0) is 66.9 Å². The van der Waals surface area contributed by atoms with Gasteiger partial charge in [-0.25, -0.2) is 9.42 Å². The highest BCUT2D eigenvalue weighted by Gasteiger charge is 2.43. The highest BCUT2D eigenvalue weighted by atomic mass is 16.6. The van der Waals surface area contributed by atoms with Crippen LogP contribution in [-0.4, -0.2) is 66.7 Å². The van der Waals surface area contributed by atoms with E-state index in [-0.39, 0.29) is 12.5 Å². The minimum absolute atomic E-state index is 0.182. The van der Waals surface area contributed by atoms with E-state index in [9.17, 15) is 9.59 Å². The molecule has 0 bridgehead atoms. The Labute approximate surface area is 251 Å². The standard InChI is InChI=1S/C34H36N4O5/c1-22-29(33(39)41-4)31(27-16-11-17-28-32(27)37-43-36-28)30(23(2)35-22)34(40)42-21-20-38(3)19-18-26(24-12-7-5-8-13-24)25-14-9-6-10-15-25/h5-17,26,29,31H,18-21H2,1-4H3. The lowest BCUT2D eigenvalue weighted by Crippen LogP contribution is -2.36. The number of carbonyl (C=O) groups excluding carboxylic acids is 2. The zero-order valence-corrected chi connectivity index (χ0v) is 24.9. The van der Waals surface area contributed by atoms with E-state index in [1.807, 2.05) is 25.2 Å². The van der Waals surface area contributed by atoms with E-state index < -0.39 is 23.8 Å². The van der Waals surface area contributed by atoms with Crippen molar-refractivity contribution < 1.29 is 23.7 Å². The molecule has 3 aromatic carbocycles. The number of allylic oxidation sites excluding steroid dienone is 1. The second-order valence-corrected chi connectivity index (χ2v) is 10.8. The molecule has 2 heterocycles. The molecule has 0 saturated carbocycles. The fraction of sp³-hybridized carbons (Fsp3) is 0.324. The summed E-state index contributed by atoms with van der Waals surface area (Å²) in [5.74, 6) is -2.31. The van der Waals surface area contributed by atoms with E-state index in [0.29, 0.717) is 40.1 Å². The van der Waals surface area contributed by atoms with Gasteiger partial charge in [-0.3, -0.25) is 9.79 Å². The molecule has 9 heteroatoms.